The number of hydrogen-bond donors (Lipinski definition) is 2. The van der Waals surface area contributed by atoms with Crippen LogP contribution in [0.1, 0.15) is 12.8 Å². The number of aromatic nitrogens is 2. The molecule has 0 bridgehead atoms. The van der Waals surface area contributed by atoms with Gasteiger partial charge in [-0.25, -0.2) is 4.98 Å². The number of rotatable bonds is 4. The number of likely N-dealkylation sites (tertiary alicyclic amines) is 1. The highest BCUT2D eigenvalue weighted by Crippen LogP contribution is 2.27. The fourth-order valence-corrected chi connectivity index (χ4v) is 3.55. The lowest BCUT2D eigenvalue weighted by Gasteiger charge is -2.29. The highest BCUT2D eigenvalue weighted by Gasteiger charge is 2.17. The minimum atomic E-state index is 0.684. The number of nitrogens with zero attached hydrogens (tertiary/aromatic N) is 3. The summed E-state index contributed by atoms with van der Waals surface area (Å²) in [5.41, 5.74) is 0. The second-order valence-corrected chi connectivity index (χ2v) is 6.33. The lowest BCUT2D eigenvalue weighted by molar-refractivity contribution is 0.217. The summed E-state index contributed by atoms with van der Waals surface area (Å²) >= 11 is 1.65. The van der Waals surface area contributed by atoms with Crippen LogP contribution in [-0.2, 0) is 0 Å². The number of piperidine rings is 1. The molecule has 108 valence electrons. The van der Waals surface area contributed by atoms with Crippen LogP contribution in [0.25, 0.3) is 10.2 Å². The van der Waals surface area contributed by atoms with E-state index < -0.39 is 0 Å². The normalized spacial score (nSPS) is 20.2. The average molecular weight is 291 g/mol. The average Bonchev–Trinajstić information content (AvgIpc) is 2.93. The number of anilines is 2. The summed E-state index contributed by atoms with van der Waals surface area (Å²) in [6, 6.07) is 2.09. The molecule has 1 unspecified atom stereocenters. The first-order valence-corrected chi connectivity index (χ1v) is 7.99. The molecule has 0 amide bonds. The van der Waals surface area contributed by atoms with E-state index in [1.165, 1.54) is 25.9 Å². The van der Waals surface area contributed by atoms with Gasteiger partial charge in [0.25, 0.3) is 0 Å². The van der Waals surface area contributed by atoms with E-state index in [1.54, 1.807) is 11.3 Å². The van der Waals surface area contributed by atoms with Gasteiger partial charge in [-0.3, -0.25) is 0 Å². The third-order valence-electron chi connectivity index (χ3n) is 3.83. The zero-order valence-corrected chi connectivity index (χ0v) is 12.8. The minimum Gasteiger partial charge on any atom is -0.369 e. The molecule has 20 heavy (non-hydrogen) atoms. The predicted octanol–water partition coefficient (Wildman–Crippen LogP) is 2.49. The van der Waals surface area contributed by atoms with Gasteiger partial charge in [0.05, 0.1) is 5.39 Å². The standard InChI is InChI=1S/C14H21N5S/c1-15-14-17-12(11-5-7-20-13(11)18-14)16-8-10-4-3-6-19(2)9-10/h5,7,10H,3-4,6,8-9H2,1-2H3,(H2,15,16,17,18). The predicted molar refractivity (Wildman–Crippen MR) is 85.7 cm³/mol. The molecule has 6 heteroatoms. The Morgan fingerprint density at radius 1 is 1.45 bits per heavy atom. The molecule has 1 saturated heterocycles. The molecule has 1 aliphatic rings. The van der Waals surface area contributed by atoms with Crippen molar-refractivity contribution in [3.8, 4) is 0 Å². The maximum atomic E-state index is 4.55. The summed E-state index contributed by atoms with van der Waals surface area (Å²) in [6.45, 7) is 3.38. The van der Waals surface area contributed by atoms with E-state index in [2.05, 4.69) is 44.0 Å². The summed E-state index contributed by atoms with van der Waals surface area (Å²) in [6.07, 6.45) is 2.59. The van der Waals surface area contributed by atoms with Crippen molar-refractivity contribution >= 4 is 33.3 Å². The first-order chi connectivity index (χ1) is 9.76. The third-order valence-corrected chi connectivity index (χ3v) is 4.64. The molecule has 0 spiro atoms. The van der Waals surface area contributed by atoms with Crippen molar-refractivity contribution in [3.63, 3.8) is 0 Å². The van der Waals surface area contributed by atoms with Crippen molar-refractivity contribution in [2.45, 2.75) is 12.8 Å². The van der Waals surface area contributed by atoms with Gasteiger partial charge in [-0.15, -0.1) is 11.3 Å². The van der Waals surface area contributed by atoms with Crippen LogP contribution in [0.5, 0.6) is 0 Å². The van der Waals surface area contributed by atoms with Gasteiger partial charge in [0.2, 0.25) is 5.95 Å². The summed E-state index contributed by atoms with van der Waals surface area (Å²) in [7, 11) is 4.06. The van der Waals surface area contributed by atoms with Crippen molar-refractivity contribution in [3.05, 3.63) is 11.4 Å². The maximum Gasteiger partial charge on any atom is 0.225 e. The molecule has 2 aromatic heterocycles. The Kier molecular flexibility index (Phi) is 4.03. The molecule has 0 radical (unpaired) electrons. The molecule has 0 saturated carbocycles. The smallest absolute Gasteiger partial charge is 0.225 e. The lowest BCUT2D eigenvalue weighted by atomic mass is 9.98. The Bertz CT molecular complexity index is 582. The summed E-state index contributed by atoms with van der Waals surface area (Å²) in [5.74, 6) is 2.34. The topological polar surface area (TPSA) is 53.1 Å². The second kappa shape index (κ2) is 5.93. The van der Waals surface area contributed by atoms with Crippen LogP contribution in [-0.4, -0.2) is 48.6 Å². The summed E-state index contributed by atoms with van der Waals surface area (Å²) in [5, 5.41) is 9.75. The highest BCUT2D eigenvalue weighted by molar-refractivity contribution is 7.16. The van der Waals surface area contributed by atoms with E-state index in [0.29, 0.717) is 11.9 Å². The fourth-order valence-electron chi connectivity index (χ4n) is 2.78. The van der Waals surface area contributed by atoms with Gasteiger partial charge in [-0.2, -0.15) is 4.98 Å². The van der Waals surface area contributed by atoms with Gasteiger partial charge in [0.15, 0.2) is 0 Å². The van der Waals surface area contributed by atoms with Gasteiger partial charge in [-0.05, 0) is 43.8 Å². The van der Waals surface area contributed by atoms with Crippen LogP contribution in [0.3, 0.4) is 0 Å². The van der Waals surface area contributed by atoms with Gasteiger partial charge in [0, 0.05) is 20.1 Å². The Balaban J connectivity index is 1.74. The minimum absolute atomic E-state index is 0.684. The SMILES string of the molecule is CNc1nc(NCC2CCCN(C)C2)c2ccsc2n1. The molecule has 2 N–H and O–H groups in total. The lowest BCUT2D eigenvalue weighted by Crippen LogP contribution is -2.35. The molecule has 5 nitrogen and oxygen atoms in total. The largest absolute Gasteiger partial charge is 0.369 e. The van der Waals surface area contributed by atoms with E-state index in [1.807, 2.05) is 7.05 Å². The first-order valence-electron chi connectivity index (χ1n) is 7.11. The van der Waals surface area contributed by atoms with Crippen LogP contribution in [0.15, 0.2) is 11.4 Å². The monoisotopic (exact) mass is 291 g/mol. The van der Waals surface area contributed by atoms with E-state index >= 15 is 0 Å². The Hall–Kier alpha value is -1.40. The third kappa shape index (κ3) is 2.86. The number of hydrogen-bond acceptors (Lipinski definition) is 6. The summed E-state index contributed by atoms with van der Waals surface area (Å²) in [4.78, 5) is 12.5. The highest BCUT2D eigenvalue weighted by atomic mass is 32.1. The van der Waals surface area contributed by atoms with E-state index in [9.17, 15) is 0 Å². The first kappa shape index (κ1) is 13.6. The number of fused-ring (bicyclic) bond motifs is 1. The van der Waals surface area contributed by atoms with E-state index in [4.69, 9.17) is 0 Å². The number of nitrogens with one attached hydrogen (secondary N) is 2. The maximum absolute atomic E-state index is 4.55. The Morgan fingerprint density at radius 3 is 3.15 bits per heavy atom. The van der Waals surface area contributed by atoms with Crippen LogP contribution in [0.2, 0.25) is 0 Å². The molecule has 3 heterocycles. The van der Waals surface area contributed by atoms with Gasteiger partial charge < -0.3 is 15.5 Å². The van der Waals surface area contributed by atoms with E-state index in [-0.39, 0.29) is 0 Å². The van der Waals surface area contributed by atoms with Gasteiger partial charge >= 0.3 is 0 Å². The zero-order chi connectivity index (χ0) is 13.9. The molecule has 1 atom stereocenters. The molecule has 3 rings (SSSR count). The van der Waals surface area contributed by atoms with Crippen molar-refractivity contribution < 1.29 is 0 Å². The molecule has 2 aromatic rings. The van der Waals surface area contributed by atoms with Crippen LogP contribution in [0.4, 0.5) is 11.8 Å². The summed E-state index contributed by atoms with van der Waals surface area (Å²) < 4.78 is 0. The Labute approximate surface area is 123 Å². The molecule has 0 aromatic carbocycles. The second-order valence-electron chi connectivity index (χ2n) is 5.44. The van der Waals surface area contributed by atoms with Crippen molar-refractivity contribution in [1.82, 2.24) is 14.9 Å². The molecule has 1 fully saturated rings. The number of thiophene rings is 1. The molecular weight excluding hydrogens is 270 g/mol. The van der Waals surface area contributed by atoms with Crippen molar-refractivity contribution in [1.29, 1.82) is 0 Å². The van der Waals surface area contributed by atoms with E-state index in [0.717, 1.165) is 22.6 Å². The van der Waals surface area contributed by atoms with Crippen molar-refractivity contribution in [2.24, 2.45) is 5.92 Å². The fraction of sp³-hybridized carbons (Fsp3) is 0.571. The Morgan fingerprint density at radius 2 is 2.35 bits per heavy atom. The molecular formula is C14H21N5S. The van der Waals surface area contributed by atoms with Crippen LogP contribution < -0.4 is 10.6 Å². The zero-order valence-electron chi connectivity index (χ0n) is 12.0. The molecule has 1 aliphatic heterocycles. The van der Waals surface area contributed by atoms with Crippen LogP contribution in [0, 0.1) is 5.92 Å². The quantitative estimate of drug-likeness (QED) is 0.906. The van der Waals surface area contributed by atoms with Gasteiger partial charge in [0.1, 0.15) is 10.6 Å². The van der Waals surface area contributed by atoms with Gasteiger partial charge in [-0.1, -0.05) is 0 Å². The van der Waals surface area contributed by atoms with Crippen LogP contribution >= 0.6 is 11.3 Å². The molecule has 0 aliphatic carbocycles. The van der Waals surface area contributed by atoms with Crippen molar-refractivity contribution in [2.75, 3.05) is 44.4 Å².